The van der Waals surface area contributed by atoms with Crippen LogP contribution < -0.4 is 5.73 Å². The van der Waals surface area contributed by atoms with Crippen molar-refractivity contribution < 1.29 is 9.18 Å². The molecule has 1 aliphatic carbocycles. The summed E-state index contributed by atoms with van der Waals surface area (Å²) in [7, 11) is 0. The fraction of sp³-hybridized carbons (Fsp3) is 0.562. The highest BCUT2D eigenvalue weighted by Gasteiger charge is 2.33. The van der Waals surface area contributed by atoms with Gasteiger partial charge in [-0.25, -0.2) is 4.39 Å². The summed E-state index contributed by atoms with van der Waals surface area (Å²) in [5.74, 6) is -0.168. The van der Waals surface area contributed by atoms with Gasteiger partial charge < -0.3 is 5.73 Å². The summed E-state index contributed by atoms with van der Waals surface area (Å²) in [6.45, 7) is 2.25. The predicted octanol–water partition coefficient (Wildman–Crippen LogP) is 3.62. The van der Waals surface area contributed by atoms with Crippen molar-refractivity contribution in [3.05, 3.63) is 35.1 Å². The first kappa shape index (κ1) is 14.2. The fourth-order valence-corrected chi connectivity index (χ4v) is 3.02. The Morgan fingerprint density at radius 2 is 2.00 bits per heavy atom. The molecule has 0 radical (unpaired) electrons. The maximum atomic E-state index is 13.2. The molecule has 1 aliphatic rings. The smallest absolute Gasteiger partial charge is 0.163 e. The number of Topliss-reactive ketones (excluding diaryl/α,β-unsaturated/α-hetero) is 1. The molecular weight excluding hydrogens is 241 g/mol. The van der Waals surface area contributed by atoms with Crippen LogP contribution in [-0.4, -0.2) is 12.3 Å². The Labute approximate surface area is 114 Å². The largest absolute Gasteiger partial charge is 0.330 e. The number of ketones is 1. The third-order valence-electron chi connectivity index (χ3n) is 4.36. The van der Waals surface area contributed by atoms with E-state index in [0.29, 0.717) is 24.1 Å². The van der Waals surface area contributed by atoms with Crippen LogP contribution in [0.2, 0.25) is 0 Å². The van der Waals surface area contributed by atoms with E-state index in [0.717, 1.165) is 25.7 Å². The number of carbonyl (C=O) groups is 1. The molecule has 0 aliphatic heterocycles. The van der Waals surface area contributed by atoms with E-state index in [1.165, 1.54) is 12.5 Å². The molecule has 2 nitrogen and oxygen atoms in total. The standard InChI is InChI=1S/C16H22FNO/c1-12-9-13(5-6-14(12)17)15(19)10-16(11-18)7-3-2-4-8-16/h5-6,9H,2-4,7-8,10-11,18H2,1H3. The quantitative estimate of drug-likeness (QED) is 0.843. The van der Waals surface area contributed by atoms with E-state index >= 15 is 0 Å². The average Bonchev–Trinajstić information content (AvgIpc) is 2.43. The Morgan fingerprint density at radius 1 is 1.32 bits per heavy atom. The highest BCUT2D eigenvalue weighted by Crippen LogP contribution is 2.39. The molecule has 19 heavy (non-hydrogen) atoms. The Hall–Kier alpha value is -1.22. The van der Waals surface area contributed by atoms with Crippen molar-refractivity contribution in [2.24, 2.45) is 11.1 Å². The van der Waals surface area contributed by atoms with Gasteiger partial charge in [-0.2, -0.15) is 0 Å². The minimum Gasteiger partial charge on any atom is -0.330 e. The maximum Gasteiger partial charge on any atom is 0.163 e. The van der Waals surface area contributed by atoms with Crippen LogP contribution >= 0.6 is 0 Å². The van der Waals surface area contributed by atoms with Crippen LogP contribution in [-0.2, 0) is 0 Å². The number of nitrogens with two attached hydrogens (primary N) is 1. The van der Waals surface area contributed by atoms with Crippen molar-refractivity contribution in [3.63, 3.8) is 0 Å². The SMILES string of the molecule is Cc1cc(C(=O)CC2(CN)CCCCC2)ccc1F. The van der Waals surface area contributed by atoms with Crippen molar-refractivity contribution in [2.75, 3.05) is 6.54 Å². The van der Waals surface area contributed by atoms with Crippen molar-refractivity contribution in [1.82, 2.24) is 0 Å². The Bertz CT molecular complexity index is 464. The summed E-state index contributed by atoms with van der Waals surface area (Å²) >= 11 is 0. The Morgan fingerprint density at radius 3 is 2.58 bits per heavy atom. The van der Waals surface area contributed by atoms with Gasteiger partial charge >= 0.3 is 0 Å². The Balaban J connectivity index is 2.12. The van der Waals surface area contributed by atoms with E-state index in [4.69, 9.17) is 5.73 Å². The van der Waals surface area contributed by atoms with E-state index in [1.807, 2.05) is 0 Å². The minimum atomic E-state index is -0.261. The van der Waals surface area contributed by atoms with Crippen LogP contribution in [0.4, 0.5) is 4.39 Å². The molecule has 3 heteroatoms. The summed E-state index contributed by atoms with van der Waals surface area (Å²) in [6, 6.07) is 4.60. The summed E-state index contributed by atoms with van der Waals surface area (Å²) in [5, 5.41) is 0. The van der Waals surface area contributed by atoms with Crippen LogP contribution in [0.15, 0.2) is 18.2 Å². The van der Waals surface area contributed by atoms with Gasteiger partial charge in [-0.05, 0) is 55.5 Å². The van der Waals surface area contributed by atoms with Crippen LogP contribution in [0.5, 0.6) is 0 Å². The van der Waals surface area contributed by atoms with Gasteiger partial charge in [0.15, 0.2) is 5.78 Å². The van der Waals surface area contributed by atoms with Gasteiger partial charge in [-0.1, -0.05) is 19.3 Å². The third-order valence-corrected chi connectivity index (χ3v) is 4.36. The molecule has 0 atom stereocenters. The van der Waals surface area contributed by atoms with E-state index < -0.39 is 0 Å². The highest BCUT2D eigenvalue weighted by molar-refractivity contribution is 5.96. The molecule has 1 aromatic rings. The average molecular weight is 263 g/mol. The van der Waals surface area contributed by atoms with E-state index in [2.05, 4.69) is 0 Å². The molecule has 0 saturated heterocycles. The number of benzene rings is 1. The van der Waals surface area contributed by atoms with Crippen LogP contribution in [0.25, 0.3) is 0 Å². The van der Waals surface area contributed by atoms with Crippen molar-refractivity contribution in [1.29, 1.82) is 0 Å². The molecule has 0 spiro atoms. The van der Waals surface area contributed by atoms with Crippen LogP contribution in [0.1, 0.15) is 54.4 Å². The van der Waals surface area contributed by atoms with E-state index in [9.17, 15) is 9.18 Å². The maximum absolute atomic E-state index is 13.2. The molecule has 0 amide bonds. The van der Waals surface area contributed by atoms with Gasteiger partial charge in [-0.15, -0.1) is 0 Å². The first-order valence-electron chi connectivity index (χ1n) is 7.06. The lowest BCUT2D eigenvalue weighted by Crippen LogP contribution is -2.35. The summed E-state index contributed by atoms with van der Waals surface area (Å²) in [6.07, 6.45) is 6.13. The Kier molecular flexibility index (Phi) is 4.35. The number of hydrogen-bond donors (Lipinski definition) is 1. The monoisotopic (exact) mass is 263 g/mol. The molecular formula is C16H22FNO. The number of halogens is 1. The second-order valence-electron chi connectivity index (χ2n) is 5.83. The van der Waals surface area contributed by atoms with Crippen molar-refractivity contribution >= 4 is 5.78 Å². The lowest BCUT2D eigenvalue weighted by Gasteiger charge is -2.35. The molecule has 2 rings (SSSR count). The fourth-order valence-electron chi connectivity index (χ4n) is 3.02. The molecule has 0 heterocycles. The van der Waals surface area contributed by atoms with Gasteiger partial charge in [0.05, 0.1) is 0 Å². The molecule has 1 aromatic carbocycles. The minimum absolute atomic E-state index is 0.0301. The zero-order valence-electron chi connectivity index (χ0n) is 11.5. The molecule has 2 N–H and O–H groups in total. The van der Waals surface area contributed by atoms with Crippen molar-refractivity contribution in [3.8, 4) is 0 Å². The first-order valence-corrected chi connectivity index (χ1v) is 7.06. The molecule has 1 fully saturated rings. The molecule has 1 saturated carbocycles. The first-order chi connectivity index (χ1) is 9.06. The predicted molar refractivity (Wildman–Crippen MR) is 74.7 cm³/mol. The van der Waals surface area contributed by atoms with Crippen LogP contribution in [0, 0.1) is 18.2 Å². The van der Waals surface area contributed by atoms with Gasteiger partial charge in [0.1, 0.15) is 5.82 Å². The van der Waals surface area contributed by atoms with Crippen LogP contribution in [0.3, 0.4) is 0 Å². The number of carbonyl (C=O) groups excluding carboxylic acids is 1. The van der Waals surface area contributed by atoms with E-state index in [1.54, 1.807) is 19.1 Å². The number of rotatable bonds is 4. The third kappa shape index (κ3) is 3.21. The highest BCUT2D eigenvalue weighted by atomic mass is 19.1. The lowest BCUT2D eigenvalue weighted by molar-refractivity contribution is 0.0868. The lowest BCUT2D eigenvalue weighted by atomic mass is 9.70. The van der Waals surface area contributed by atoms with Gasteiger partial charge in [0, 0.05) is 12.0 Å². The van der Waals surface area contributed by atoms with Gasteiger partial charge in [-0.3, -0.25) is 4.79 Å². The molecule has 0 unspecified atom stereocenters. The molecule has 0 aromatic heterocycles. The van der Waals surface area contributed by atoms with Crippen molar-refractivity contribution in [2.45, 2.75) is 45.4 Å². The van der Waals surface area contributed by atoms with E-state index in [-0.39, 0.29) is 17.0 Å². The summed E-state index contributed by atoms with van der Waals surface area (Å²) in [5.41, 5.74) is 7.01. The number of aryl methyl sites for hydroxylation is 1. The normalized spacial score (nSPS) is 18.3. The second-order valence-corrected chi connectivity index (χ2v) is 5.83. The summed E-state index contributed by atoms with van der Waals surface area (Å²) in [4.78, 5) is 12.4. The topological polar surface area (TPSA) is 43.1 Å². The molecule has 0 bridgehead atoms. The van der Waals surface area contributed by atoms with Gasteiger partial charge in [0.2, 0.25) is 0 Å². The molecule has 104 valence electrons. The van der Waals surface area contributed by atoms with Gasteiger partial charge in [0.25, 0.3) is 0 Å². The number of hydrogen-bond acceptors (Lipinski definition) is 2. The summed E-state index contributed by atoms with van der Waals surface area (Å²) < 4.78 is 13.2. The zero-order valence-corrected chi connectivity index (χ0v) is 11.5. The second kappa shape index (κ2) is 5.83. The zero-order chi connectivity index (χ0) is 13.9.